The van der Waals surface area contributed by atoms with E-state index in [-0.39, 0.29) is 5.91 Å². The van der Waals surface area contributed by atoms with Crippen molar-refractivity contribution in [3.63, 3.8) is 0 Å². The molecule has 0 saturated heterocycles. The number of amides is 1. The van der Waals surface area contributed by atoms with Crippen molar-refractivity contribution in [1.29, 1.82) is 0 Å². The van der Waals surface area contributed by atoms with Gasteiger partial charge in [0.15, 0.2) is 0 Å². The molecule has 2 heterocycles. The van der Waals surface area contributed by atoms with Gasteiger partial charge in [-0.3, -0.25) is 4.79 Å². The Labute approximate surface area is 95.6 Å². The van der Waals surface area contributed by atoms with E-state index in [1.807, 2.05) is 11.5 Å². The molecule has 0 spiro atoms. The standard InChI is InChI=1S/C9H10BrClN2O/c1-5-7(10)6(4-11)13-3-2-12-9(14)8(5)13/h2-4H2,1H3,(H,12,14). The van der Waals surface area contributed by atoms with E-state index in [2.05, 4.69) is 21.2 Å². The van der Waals surface area contributed by atoms with Gasteiger partial charge in [-0.05, 0) is 28.4 Å². The van der Waals surface area contributed by atoms with Gasteiger partial charge in [0, 0.05) is 23.3 Å². The van der Waals surface area contributed by atoms with E-state index >= 15 is 0 Å². The van der Waals surface area contributed by atoms with Crippen LogP contribution in [0.4, 0.5) is 0 Å². The second kappa shape index (κ2) is 3.59. The normalized spacial score (nSPS) is 15.2. The van der Waals surface area contributed by atoms with Crippen molar-refractivity contribution in [2.45, 2.75) is 19.3 Å². The zero-order chi connectivity index (χ0) is 10.3. The minimum atomic E-state index is -0.00850. The Kier molecular flexibility index (Phi) is 2.58. The van der Waals surface area contributed by atoms with E-state index in [0.717, 1.165) is 28.0 Å². The van der Waals surface area contributed by atoms with Crippen molar-refractivity contribution < 1.29 is 4.79 Å². The average Bonchev–Trinajstić information content (AvgIpc) is 2.41. The monoisotopic (exact) mass is 276 g/mol. The molecule has 2 rings (SSSR count). The topological polar surface area (TPSA) is 34.0 Å². The van der Waals surface area contributed by atoms with Gasteiger partial charge in [-0.2, -0.15) is 0 Å². The summed E-state index contributed by atoms with van der Waals surface area (Å²) in [5.74, 6) is 0.417. The molecular weight excluding hydrogens is 267 g/mol. The lowest BCUT2D eigenvalue weighted by Crippen LogP contribution is -2.36. The van der Waals surface area contributed by atoms with Gasteiger partial charge in [-0.15, -0.1) is 11.6 Å². The Morgan fingerprint density at radius 2 is 2.36 bits per heavy atom. The SMILES string of the molecule is Cc1c(Br)c(CCl)n2c1C(=O)NCC2. The lowest BCUT2D eigenvalue weighted by atomic mass is 10.2. The van der Waals surface area contributed by atoms with E-state index in [4.69, 9.17) is 11.6 Å². The molecule has 14 heavy (non-hydrogen) atoms. The van der Waals surface area contributed by atoms with E-state index < -0.39 is 0 Å². The Morgan fingerprint density at radius 3 is 3.00 bits per heavy atom. The number of carbonyl (C=O) groups is 1. The molecule has 1 aromatic rings. The first-order valence-electron chi connectivity index (χ1n) is 4.38. The first-order chi connectivity index (χ1) is 6.66. The summed E-state index contributed by atoms with van der Waals surface area (Å²) in [6, 6.07) is 0. The third kappa shape index (κ3) is 1.28. The van der Waals surface area contributed by atoms with E-state index in [1.54, 1.807) is 0 Å². The van der Waals surface area contributed by atoms with Crippen LogP contribution in [0.1, 0.15) is 21.7 Å². The predicted octanol–water partition coefficient (Wildman–Crippen LogP) is 2.04. The number of hydrogen-bond acceptors (Lipinski definition) is 1. The third-order valence-corrected chi connectivity index (χ3v) is 3.80. The van der Waals surface area contributed by atoms with Gasteiger partial charge in [0.1, 0.15) is 5.69 Å². The number of carbonyl (C=O) groups excluding carboxylic acids is 1. The highest BCUT2D eigenvalue weighted by atomic mass is 79.9. The molecule has 1 N–H and O–H groups in total. The van der Waals surface area contributed by atoms with Gasteiger partial charge in [-0.1, -0.05) is 0 Å². The molecule has 5 heteroatoms. The quantitative estimate of drug-likeness (QED) is 0.783. The van der Waals surface area contributed by atoms with Crippen LogP contribution < -0.4 is 5.32 Å². The number of halogens is 2. The highest BCUT2D eigenvalue weighted by Gasteiger charge is 2.25. The molecule has 76 valence electrons. The fourth-order valence-electron chi connectivity index (χ4n) is 1.81. The van der Waals surface area contributed by atoms with Crippen LogP contribution in [0.15, 0.2) is 4.47 Å². The van der Waals surface area contributed by atoms with Crippen molar-refractivity contribution in [2.24, 2.45) is 0 Å². The van der Waals surface area contributed by atoms with Gasteiger partial charge in [-0.25, -0.2) is 0 Å². The highest BCUT2D eigenvalue weighted by Crippen LogP contribution is 2.30. The van der Waals surface area contributed by atoms with Crippen LogP contribution in [0.2, 0.25) is 0 Å². The second-order valence-corrected chi connectivity index (χ2v) is 4.34. The summed E-state index contributed by atoms with van der Waals surface area (Å²) in [6.07, 6.45) is 0. The summed E-state index contributed by atoms with van der Waals surface area (Å²) in [7, 11) is 0. The Bertz CT molecular complexity index is 400. The van der Waals surface area contributed by atoms with Crippen molar-refractivity contribution in [1.82, 2.24) is 9.88 Å². The lowest BCUT2D eigenvalue weighted by molar-refractivity contribution is 0.0926. The summed E-state index contributed by atoms with van der Waals surface area (Å²) in [4.78, 5) is 11.6. The van der Waals surface area contributed by atoms with Gasteiger partial charge in [0.25, 0.3) is 5.91 Å². The number of alkyl halides is 1. The highest BCUT2D eigenvalue weighted by molar-refractivity contribution is 9.10. The summed E-state index contributed by atoms with van der Waals surface area (Å²) in [5.41, 5.74) is 2.70. The molecule has 0 unspecified atom stereocenters. The summed E-state index contributed by atoms with van der Waals surface area (Å²) >= 11 is 9.31. The maximum atomic E-state index is 11.6. The first-order valence-corrected chi connectivity index (χ1v) is 5.71. The van der Waals surface area contributed by atoms with Gasteiger partial charge < -0.3 is 9.88 Å². The summed E-state index contributed by atoms with van der Waals surface area (Å²) < 4.78 is 2.95. The minimum absolute atomic E-state index is 0.00850. The van der Waals surface area contributed by atoms with Crippen molar-refractivity contribution in [2.75, 3.05) is 6.54 Å². The number of aromatic nitrogens is 1. The van der Waals surface area contributed by atoms with Gasteiger partial charge in [0.05, 0.1) is 5.88 Å². The van der Waals surface area contributed by atoms with Crippen molar-refractivity contribution in [3.8, 4) is 0 Å². The van der Waals surface area contributed by atoms with Crippen molar-refractivity contribution in [3.05, 3.63) is 21.4 Å². The molecule has 0 fully saturated rings. The van der Waals surface area contributed by atoms with E-state index in [0.29, 0.717) is 12.4 Å². The molecule has 3 nitrogen and oxygen atoms in total. The molecule has 0 atom stereocenters. The Balaban J connectivity index is 2.67. The van der Waals surface area contributed by atoms with E-state index in [9.17, 15) is 4.79 Å². The average molecular weight is 278 g/mol. The Morgan fingerprint density at radius 1 is 1.64 bits per heavy atom. The van der Waals surface area contributed by atoms with E-state index in [1.165, 1.54) is 0 Å². The second-order valence-electron chi connectivity index (χ2n) is 3.28. The fraction of sp³-hybridized carbons (Fsp3) is 0.444. The molecule has 0 radical (unpaired) electrons. The van der Waals surface area contributed by atoms with Crippen LogP contribution in [0.25, 0.3) is 0 Å². The molecule has 1 aromatic heterocycles. The van der Waals surface area contributed by atoms with Crippen LogP contribution in [0, 0.1) is 6.92 Å². The largest absolute Gasteiger partial charge is 0.349 e. The van der Waals surface area contributed by atoms with Gasteiger partial charge in [0.2, 0.25) is 0 Å². The summed E-state index contributed by atoms with van der Waals surface area (Å²) in [5, 5.41) is 2.82. The molecule has 1 aliphatic rings. The third-order valence-electron chi connectivity index (χ3n) is 2.50. The Hall–Kier alpha value is -0.480. The number of nitrogens with one attached hydrogen (secondary N) is 1. The summed E-state index contributed by atoms with van der Waals surface area (Å²) in [6.45, 7) is 3.41. The van der Waals surface area contributed by atoms with Gasteiger partial charge >= 0.3 is 0 Å². The maximum Gasteiger partial charge on any atom is 0.268 e. The lowest BCUT2D eigenvalue weighted by Gasteiger charge is -2.18. The number of rotatable bonds is 1. The molecule has 1 aliphatic heterocycles. The van der Waals surface area contributed by atoms with Crippen LogP contribution in [-0.2, 0) is 12.4 Å². The molecule has 0 bridgehead atoms. The molecule has 0 saturated carbocycles. The molecule has 0 aliphatic carbocycles. The predicted molar refractivity (Wildman–Crippen MR) is 58.8 cm³/mol. The number of nitrogens with zero attached hydrogens (tertiary/aromatic N) is 1. The molecule has 0 aromatic carbocycles. The van der Waals surface area contributed by atoms with Crippen molar-refractivity contribution >= 4 is 33.4 Å². The zero-order valence-corrected chi connectivity index (χ0v) is 10.1. The minimum Gasteiger partial charge on any atom is -0.349 e. The first kappa shape index (κ1) is 10.1. The zero-order valence-electron chi connectivity index (χ0n) is 7.73. The van der Waals surface area contributed by atoms with Crippen LogP contribution in [-0.4, -0.2) is 17.0 Å². The number of hydrogen-bond donors (Lipinski definition) is 1. The fourth-order valence-corrected chi connectivity index (χ4v) is 2.79. The smallest absolute Gasteiger partial charge is 0.268 e. The van der Waals surface area contributed by atoms with Crippen LogP contribution >= 0.6 is 27.5 Å². The van der Waals surface area contributed by atoms with Crippen LogP contribution in [0.3, 0.4) is 0 Å². The molecular formula is C9H10BrClN2O. The number of fused-ring (bicyclic) bond motifs is 1. The molecule has 1 amide bonds. The maximum absolute atomic E-state index is 11.6. The van der Waals surface area contributed by atoms with Crippen LogP contribution in [0.5, 0.6) is 0 Å².